The third-order valence-corrected chi connectivity index (χ3v) is 3.82. The Kier molecular flexibility index (Phi) is 4.92. The highest BCUT2D eigenvalue weighted by Crippen LogP contribution is 2.16. The van der Waals surface area contributed by atoms with E-state index in [9.17, 15) is 4.79 Å². The van der Waals surface area contributed by atoms with Gasteiger partial charge in [0.05, 0.1) is 5.92 Å². The maximum atomic E-state index is 11.4. The van der Waals surface area contributed by atoms with Gasteiger partial charge in [0.1, 0.15) is 0 Å². The first-order valence-corrected chi connectivity index (χ1v) is 6.17. The molecule has 0 spiro atoms. The molecular formula is C11H19N3OS. The van der Waals surface area contributed by atoms with Crippen LogP contribution in [0.15, 0.2) is 17.5 Å². The summed E-state index contributed by atoms with van der Waals surface area (Å²) in [7, 11) is 2.02. The molecule has 0 aromatic carbocycles. The van der Waals surface area contributed by atoms with Gasteiger partial charge >= 0.3 is 0 Å². The normalized spacial score (nSPS) is 14.8. The van der Waals surface area contributed by atoms with E-state index in [0.717, 1.165) is 6.54 Å². The van der Waals surface area contributed by atoms with Crippen molar-refractivity contribution in [1.82, 2.24) is 10.3 Å². The molecule has 0 radical (unpaired) electrons. The largest absolute Gasteiger partial charge is 0.298 e. The molecule has 0 saturated heterocycles. The predicted octanol–water partition coefficient (Wildman–Crippen LogP) is 1.19. The minimum absolute atomic E-state index is 0.116. The Morgan fingerprint density at radius 1 is 1.62 bits per heavy atom. The summed E-state index contributed by atoms with van der Waals surface area (Å²) in [6, 6.07) is 4.29. The van der Waals surface area contributed by atoms with Crippen LogP contribution in [0.5, 0.6) is 0 Å². The summed E-state index contributed by atoms with van der Waals surface area (Å²) in [6.07, 6.45) is 0. The molecule has 5 heteroatoms. The standard InChI is InChI=1S/C11H19N3OS/c1-8(11(15)13-12)9(2)14(3)7-10-5-4-6-16-10/h4-6,8-9H,7,12H2,1-3H3,(H,13,15). The second-order valence-corrected chi connectivity index (χ2v) is 5.06. The molecule has 1 amide bonds. The van der Waals surface area contributed by atoms with Crippen LogP contribution in [0.3, 0.4) is 0 Å². The molecule has 4 nitrogen and oxygen atoms in total. The quantitative estimate of drug-likeness (QED) is 0.462. The number of carbonyl (C=O) groups excluding carboxylic acids is 1. The number of hydrogen-bond donors (Lipinski definition) is 2. The van der Waals surface area contributed by atoms with E-state index in [4.69, 9.17) is 5.84 Å². The van der Waals surface area contributed by atoms with E-state index in [1.807, 2.05) is 27.0 Å². The summed E-state index contributed by atoms with van der Waals surface area (Å²) in [5.74, 6) is 4.90. The molecule has 1 aromatic rings. The van der Waals surface area contributed by atoms with Crippen molar-refractivity contribution >= 4 is 17.2 Å². The molecule has 0 saturated carbocycles. The number of nitrogens with zero attached hydrogens (tertiary/aromatic N) is 1. The monoisotopic (exact) mass is 241 g/mol. The highest BCUT2D eigenvalue weighted by atomic mass is 32.1. The van der Waals surface area contributed by atoms with Crippen LogP contribution in [-0.4, -0.2) is 23.9 Å². The van der Waals surface area contributed by atoms with Crippen molar-refractivity contribution in [3.63, 3.8) is 0 Å². The van der Waals surface area contributed by atoms with Crippen molar-refractivity contribution in [3.05, 3.63) is 22.4 Å². The average Bonchev–Trinajstić information content (AvgIpc) is 2.78. The van der Waals surface area contributed by atoms with E-state index in [1.54, 1.807) is 11.3 Å². The molecule has 0 aliphatic heterocycles. The zero-order valence-corrected chi connectivity index (χ0v) is 10.8. The molecule has 90 valence electrons. The van der Waals surface area contributed by atoms with Crippen LogP contribution in [0.2, 0.25) is 0 Å². The number of amides is 1. The van der Waals surface area contributed by atoms with E-state index in [-0.39, 0.29) is 17.9 Å². The molecule has 0 aliphatic rings. The Hall–Kier alpha value is -0.910. The summed E-state index contributed by atoms with van der Waals surface area (Å²) in [4.78, 5) is 14.9. The number of rotatable bonds is 5. The minimum atomic E-state index is -0.120. The van der Waals surface area contributed by atoms with Gasteiger partial charge in [0.25, 0.3) is 0 Å². The molecule has 0 bridgehead atoms. The molecular weight excluding hydrogens is 222 g/mol. The zero-order valence-electron chi connectivity index (χ0n) is 9.93. The number of hydrogen-bond acceptors (Lipinski definition) is 4. The number of nitrogens with two attached hydrogens (primary N) is 1. The van der Waals surface area contributed by atoms with E-state index < -0.39 is 0 Å². The van der Waals surface area contributed by atoms with Crippen molar-refractivity contribution in [2.45, 2.75) is 26.4 Å². The predicted molar refractivity (Wildman–Crippen MR) is 66.7 cm³/mol. The molecule has 3 N–H and O–H groups in total. The average molecular weight is 241 g/mol. The van der Waals surface area contributed by atoms with Gasteiger partial charge in [-0.15, -0.1) is 11.3 Å². The molecule has 1 heterocycles. The first-order valence-electron chi connectivity index (χ1n) is 5.29. The molecule has 2 unspecified atom stereocenters. The summed E-state index contributed by atoms with van der Waals surface area (Å²) in [6.45, 7) is 4.78. The van der Waals surface area contributed by atoms with Crippen LogP contribution in [-0.2, 0) is 11.3 Å². The van der Waals surface area contributed by atoms with Crippen LogP contribution >= 0.6 is 11.3 Å². The van der Waals surface area contributed by atoms with Gasteiger partial charge in [-0.25, -0.2) is 5.84 Å². The van der Waals surface area contributed by atoms with Gasteiger partial charge < -0.3 is 0 Å². The summed E-state index contributed by atoms with van der Waals surface area (Å²) < 4.78 is 0. The maximum Gasteiger partial charge on any atom is 0.238 e. The number of carbonyl (C=O) groups is 1. The fraction of sp³-hybridized carbons (Fsp3) is 0.545. The van der Waals surface area contributed by atoms with Crippen molar-refractivity contribution in [2.24, 2.45) is 11.8 Å². The third kappa shape index (κ3) is 3.30. The maximum absolute atomic E-state index is 11.4. The zero-order chi connectivity index (χ0) is 12.1. The Morgan fingerprint density at radius 2 is 2.31 bits per heavy atom. The van der Waals surface area contributed by atoms with E-state index in [1.165, 1.54) is 4.88 Å². The van der Waals surface area contributed by atoms with Gasteiger partial charge in [-0.05, 0) is 25.4 Å². The van der Waals surface area contributed by atoms with Gasteiger partial charge in [0, 0.05) is 17.5 Å². The van der Waals surface area contributed by atoms with E-state index >= 15 is 0 Å². The summed E-state index contributed by atoms with van der Waals surface area (Å²) >= 11 is 1.73. The molecule has 0 aliphatic carbocycles. The van der Waals surface area contributed by atoms with Crippen LogP contribution < -0.4 is 11.3 Å². The summed E-state index contributed by atoms with van der Waals surface area (Å²) in [5.41, 5.74) is 2.20. The minimum Gasteiger partial charge on any atom is -0.298 e. The number of hydrazine groups is 1. The SMILES string of the molecule is CC(C(=O)NN)C(C)N(C)Cc1cccs1. The van der Waals surface area contributed by atoms with Crippen molar-refractivity contribution < 1.29 is 4.79 Å². The topological polar surface area (TPSA) is 58.4 Å². The van der Waals surface area contributed by atoms with Gasteiger partial charge in [0.2, 0.25) is 5.91 Å². The number of thiophene rings is 1. The van der Waals surface area contributed by atoms with Crippen LogP contribution in [0.1, 0.15) is 18.7 Å². The van der Waals surface area contributed by atoms with Crippen molar-refractivity contribution in [2.75, 3.05) is 7.05 Å². The van der Waals surface area contributed by atoms with Gasteiger partial charge in [-0.1, -0.05) is 13.0 Å². The molecule has 16 heavy (non-hydrogen) atoms. The molecule has 0 fully saturated rings. The van der Waals surface area contributed by atoms with Crippen molar-refractivity contribution in [3.8, 4) is 0 Å². The van der Waals surface area contributed by atoms with Crippen molar-refractivity contribution in [1.29, 1.82) is 0 Å². The fourth-order valence-corrected chi connectivity index (χ4v) is 2.29. The molecule has 1 rings (SSSR count). The van der Waals surface area contributed by atoms with Gasteiger partial charge in [-0.3, -0.25) is 15.1 Å². The lowest BCUT2D eigenvalue weighted by Gasteiger charge is -2.28. The Morgan fingerprint density at radius 3 is 2.81 bits per heavy atom. The fourth-order valence-electron chi connectivity index (χ4n) is 1.52. The van der Waals surface area contributed by atoms with Gasteiger partial charge in [0.15, 0.2) is 0 Å². The second-order valence-electron chi connectivity index (χ2n) is 4.03. The lowest BCUT2D eigenvalue weighted by atomic mass is 10.0. The molecule has 2 atom stereocenters. The van der Waals surface area contributed by atoms with E-state index in [0.29, 0.717) is 0 Å². The smallest absolute Gasteiger partial charge is 0.238 e. The van der Waals surface area contributed by atoms with Crippen LogP contribution in [0, 0.1) is 5.92 Å². The number of nitrogens with one attached hydrogen (secondary N) is 1. The lowest BCUT2D eigenvalue weighted by molar-refractivity contribution is -0.126. The highest BCUT2D eigenvalue weighted by molar-refractivity contribution is 7.09. The lowest BCUT2D eigenvalue weighted by Crippen LogP contribution is -2.44. The Labute approximate surface area is 100 Å². The second kappa shape index (κ2) is 5.98. The highest BCUT2D eigenvalue weighted by Gasteiger charge is 2.22. The van der Waals surface area contributed by atoms with Crippen LogP contribution in [0.25, 0.3) is 0 Å². The Bertz CT molecular complexity index is 326. The first kappa shape index (κ1) is 13.2. The Balaban J connectivity index is 2.53. The third-order valence-electron chi connectivity index (χ3n) is 2.96. The molecule has 1 aromatic heterocycles. The van der Waals surface area contributed by atoms with Gasteiger partial charge in [-0.2, -0.15) is 0 Å². The van der Waals surface area contributed by atoms with E-state index in [2.05, 4.69) is 21.8 Å². The van der Waals surface area contributed by atoms with Crippen LogP contribution in [0.4, 0.5) is 0 Å². The first-order chi connectivity index (χ1) is 7.56. The summed E-state index contributed by atoms with van der Waals surface area (Å²) in [5, 5.41) is 2.06.